The number of fused-ring (bicyclic) bond motifs is 2. The largest absolute Gasteiger partial charge is 0.491 e. The van der Waals surface area contributed by atoms with E-state index < -0.39 is 0 Å². The molecule has 0 aliphatic rings. The number of nitrogens with one attached hydrogen (secondary N) is 2. The molecule has 0 aliphatic carbocycles. The zero-order chi connectivity index (χ0) is 19.2. The van der Waals surface area contributed by atoms with Gasteiger partial charge in [-0.2, -0.15) is 0 Å². The Morgan fingerprint density at radius 2 is 1.83 bits per heavy atom. The molecule has 2 aromatic heterocycles. The summed E-state index contributed by atoms with van der Waals surface area (Å²) in [6.07, 6.45) is 1.94. The summed E-state index contributed by atoms with van der Waals surface area (Å²) in [5, 5.41) is 17.2. The van der Waals surface area contributed by atoms with E-state index in [0.29, 0.717) is 25.7 Å². The number of rotatable bonds is 6. The Kier molecular flexibility index (Phi) is 7.23. The number of aliphatic imine (C=N–C) groups is 1. The van der Waals surface area contributed by atoms with E-state index in [2.05, 4.69) is 44.0 Å². The van der Waals surface area contributed by atoms with Crippen molar-refractivity contribution in [1.29, 1.82) is 0 Å². The summed E-state index contributed by atoms with van der Waals surface area (Å²) in [6, 6.07) is 20.1. The average Bonchev–Trinajstić information content (AvgIpc) is 3.16. The highest BCUT2D eigenvalue weighted by Crippen LogP contribution is 2.24. The Hall–Kier alpha value is -2.88. The second kappa shape index (κ2) is 10.1. The van der Waals surface area contributed by atoms with Gasteiger partial charge in [0.2, 0.25) is 0 Å². The molecule has 0 aliphatic heterocycles. The molecule has 29 heavy (non-hydrogen) atoms. The van der Waals surface area contributed by atoms with Crippen LogP contribution in [0.5, 0.6) is 5.75 Å². The second-order valence-electron chi connectivity index (χ2n) is 6.22. The number of hydrogen-bond donors (Lipinski definition) is 2. The van der Waals surface area contributed by atoms with Gasteiger partial charge in [-0.15, -0.1) is 34.2 Å². The maximum Gasteiger partial charge on any atom is 0.191 e. The summed E-state index contributed by atoms with van der Waals surface area (Å²) >= 11 is 0. The lowest BCUT2D eigenvalue weighted by Crippen LogP contribution is -2.39. The van der Waals surface area contributed by atoms with Crippen molar-refractivity contribution in [3.63, 3.8) is 0 Å². The fourth-order valence-corrected chi connectivity index (χ4v) is 3.05. The molecule has 0 bridgehead atoms. The first-order valence-corrected chi connectivity index (χ1v) is 9.19. The zero-order valence-electron chi connectivity index (χ0n) is 16.1. The summed E-state index contributed by atoms with van der Waals surface area (Å²) in [7, 11) is 1.74. The Morgan fingerprint density at radius 3 is 2.72 bits per heavy atom. The lowest BCUT2D eigenvalue weighted by Gasteiger charge is -2.13. The van der Waals surface area contributed by atoms with E-state index in [1.165, 1.54) is 5.39 Å². The fourth-order valence-electron chi connectivity index (χ4n) is 3.05. The van der Waals surface area contributed by atoms with Crippen molar-refractivity contribution >= 4 is 46.4 Å². The van der Waals surface area contributed by atoms with Crippen LogP contribution < -0.4 is 15.4 Å². The molecular formula is C21H23IN6O. The average molecular weight is 502 g/mol. The molecule has 8 heteroatoms. The zero-order valence-corrected chi connectivity index (χ0v) is 18.4. The highest BCUT2D eigenvalue weighted by Gasteiger charge is 2.06. The quantitative estimate of drug-likeness (QED) is 0.183. The Bertz CT molecular complexity index is 1110. The molecule has 2 heterocycles. The minimum Gasteiger partial charge on any atom is -0.491 e. The van der Waals surface area contributed by atoms with Gasteiger partial charge < -0.3 is 15.4 Å². The standard InChI is InChI=1S/C21H22N6O.HI/c1-22-21(24-15-20-26-25-19-11-4-5-13-27(19)20)23-12-14-28-18-10-6-8-16-7-2-3-9-17(16)18;/h2-11,13H,12,14-15H2,1H3,(H2,22,23,24);1H. The van der Waals surface area contributed by atoms with Crippen molar-refractivity contribution in [2.75, 3.05) is 20.2 Å². The number of aromatic nitrogens is 3. The van der Waals surface area contributed by atoms with Crippen LogP contribution in [-0.4, -0.2) is 40.8 Å². The van der Waals surface area contributed by atoms with Gasteiger partial charge in [-0.1, -0.05) is 42.5 Å². The molecule has 0 radical (unpaired) electrons. The summed E-state index contributed by atoms with van der Waals surface area (Å²) in [4.78, 5) is 4.24. The van der Waals surface area contributed by atoms with Gasteiger partial charge >= 0.3 is 0 Å². The van der Waals surface area contributed by atoms with Gasteiger partial charge in [0.15, 0.2) is 17.4 Å². The number of halogens is 1. The van der Waals surface area contributed by atoms with Crippen LogP contribution in [0, 0.1) is 0 Å². The number of pyridine rings is 1. The molecule has 150 valence electrons. The number of benzene rings is 2. The molecule has 7 nitrogen and oxygen atoms in total. The summed E-state index contributed by atoms with van der Waals surface area (Å²) in [5.41, 5.74) is 0.825. The Labute approximate surface area is 186 Å². The van der Waals surface area contributed by atoms with Crippen LogP contribution in [0.25, 0.3) is 16.4 Å². The first kappa shape index (κ1) is 20.8. The highest BCUT2D eigenvalue weighted by atomic mass is 127. The summed E-state index contributed by atoms with van der Waals surface area (Å²) in [6.45, 7) is 1.68. The van der Waals surface area contributed by atoms with Crippen LogP contribution in [0.1, 0.15) is 5.82 Å². The van der Waals surface area contributed by atoms with E-state index >= 15 is 0 Å². The van der Waals surface area contributed by atoms with Crippen molar-refractivity contribution < 1.29 is 4.74 Å². The molecule has 2 N–H and O–H groups in total. The lowest BCUT2D eigenvalue weighted by molar-refractivity contribution is 0.325. The maximum atomic E-state index is 5.95. The minimum absolute atomic E-state index is 0. The predicted octanol–water partition coefficient (Wildman–Crippen LogP) is 3.24. The van der Waals surface area contributed by atoms with Gasteiger partial charge in [0.05, 0.1) is 13.1 Å². The molecular weight excluding hydrogens is 479 g/mol. The van der Waals surface area contributed by atoms with Crippen LogP contribution >= 0.6 is 24.0 Å². The molecule has 0 unspecified atom stereocenters. The smallest absolute Gasteiger partial charge is 0.191 e. The van der Waals surface area contributed by atoms with Gasteiger partial charge in [0, 0.05) is 18.6 Å². The molecule has 0 amide bonds. The topological polar surface area (TPSA) is 75.8 Å². The minimum atomic E-state index is 0. The Balaban J connectivity index is 0.00000240. The van der Waals surface area contributed by atoms with E-state index in [1.807, 2.05) is 53.1 Å². The van der Waals surface area contributed by atoms with Crippen LogP contribution in [0.15, 0.2) is 71.9 Å². The molecule has 2 aromatic carbocycles. The van der Waals surface area contributed by atoms with Crippen molar-refractivity contribution in [2.24, 2.45) is 4.99 Å². The number of guanidine groups is 1. The van der Waals surface area contributed by atoms with Crippen molar-refractivity contribution in [2.45, 2.75) is 6.54 Å². The monoisotopic (exact) mass is 502 g/mol. The third kappa shape index (κ3) is 4.94. The van der Waals surface area contributed by atoms with Gasteiger partial charge in [-0.05, 0) is 23.6 Å². The molecule has 0 saturated heterocycles. The summed E-state index contributed by atoms with van der Waals surface area (Å²) < 4.78 is 7.90. The lowest BCUT2D eigenvalue weighted by atomic mass is 10.1. The van der Waals surface area contributed by atoms with Crippen LogP contribution in [-0.2, 0) is 6.54 Å². The number of hydrogen-bond acceptors (Lipinski definition) is 4. The Morgan fingerprint density at radius 1 is 1.00 bits per heavy atom. The molecule has 4 aromatic rings. The number of ether oxygens (including phenoxy) is 1. The van der Waals surface area contributed by atoms with Gasteiger partial charge in [0.25, 0.3) is 0 Å². The maximum absolute atomic E-state index is 5.95. The van der Waals surface area contributed by atoms with Crippen molar-refractivity contribution in [3.05, 3.63) is 72.7 Å². The van der Waals surface area contributed by atoms with Gasteiger partial charge in [0.1, 0.15) is 12.4 Å². The molecule has 0 spiro atoms. The number of nitrogens with zero attached hydrogens (tertiary/aromatic N) is 4. The van der Waals surface area contributed by atoms with E-state index in [4.69, 9.17) is 4.74 Å². The van der Waals surface area contributed by atoms with Gasteiger partial charge in [-0.3, -0.25) is 9.39 Å². The molecule has 4 rings (SSSR count). The fraction of sp³-hybridized carbons (Fsp3) is 0.190. The van der Waals surface area contributed by atoms with Crippen molar-refractivity contribution in [1.82, 2.24) is 25.2 Å². The third-order valence-electron chi connectivity index (χ3n) is 4.42. The van der Waals surface area contributed by atoms with Crippen LogP contribution in [0.3, 0.4) is 0 Å². The first-order chi connectivity index (χ1) is 13.8. The van der Waals surface area contributed by atoms with Crippen LogP contribution in [0.4, 0.5) is 0 Å². The normalized spacial score (nSPS) is 11.3. The van der Waals surface area contributed by atoms with Crippen LogP contribution in [0.2, 0.25) is 0 Å². The van der Waals surface area contributed by atoms with Gasteiger partial charge in [-0.25, -0.2) is 0 Å². The van der Waals surface area contributed by atoms with E-state index in [1.54, 1.807) is 7.05 Å². The van der Waals surface area contributed by atoms with E-state index in [9.17, 15) is 0 Å². The molecule has 0 atom stereocenters. The molecule has 0 fully saturated rings. The molecule has 0 saturated carbocycles. The van der Waals surface area contributed by atoms with E-state index in [0.717, 1.165) is 22.6 Å². The highest BCUT2D eigenvalue weighted by molar-refractivity contribution is 14.0. The van der Waals surface area contributed by atoms with E-state index in [-0.39, 0.29) is 24.0 Å². The first-order valence-electron chi connectivity index (χ1n) is 9.19. The summed E-state index contributed by atoms with van der Waals surface area (Å²) in [5.74, 6) is 2.40. The third-order valence-corrected chi connectivity index (χ3v) is 4.42. The SMILES string of the molecule is CN=C(NCCOc1cccc2ccccc12)NCc1nnc2ccccn12.I. The predicted molar refractivity (Wildman–Crippen MR) is 126 cm³/mol. The second-order valence-corrected chi connectivity index (χ2v) is 6.22. The van der Waals surface area contributed by atoms with Crippen molar-refractivity contribution in [3.8, 4) is 5.75 Å².